The van der Waals surface area contributed by atoms with Gasteiger partial charge in [0, 0.05) is 15.7 Å². The quantitative estimate of drug-likeness (QED) is 0.805. The molecule has 0 bridgehead atoms. The number of esters is 1. The van der Waals surface area contributed by atoms with Crippen molar-refractivity contribution < 1.29 is 14.3 Å². The number of carbonyl (C=O) groups is 2. The molecule has 0 spiro atoms. The third-order valence-electron chi connectivity index (χ3n) is 3.31. The molecule has 1 unspecified atom stereocenters. The third kappa shape index (κ3) is 4.18. The molecule has 5 nitrogen and oxygen atoms in total. The van der Waals surface area contributed by atoms with E-state index in [1.165, 1.54) is 0 Å². The molecule has 2 N–H and O–H groups in total. The van der Waals surface area contributed by atoms with Gasteiger partial charge < -0.3 is 15.4 Å². The lowest BCUT2D eigenvalue weighted by molar-refractivity contribution is -0.140. The van der Waals surface area contributed by atoms with E-state index in [4.69, 9.17) is 27.9 Å². The highest BCUT2D eigenvalue weighted by molar-refractivity contribution is 6.35. The lowest BCUT2D eigenvalue weighted by atomic mass is 9.95. The first-order chi connectivity index (χ1) is 10.8. The van der Waals surface area contributed by atoms with Gasteiger partial charge in [-0.1, -0.05) is 43.1 Å². The maximum Gasteiger partial charge on any atom is 0.338 e. The molecule has 1 aliphatic heterocycles. The molecule has 0 radical (unpaired) electrons. The molecule has 1 aromatic rings. The zero-order valence-corrected chi connectivity index (χ0v) is 14.6. The molecule has 1 heterocycles. The van der Waals surface area contributed by atoms with Crippen molar-refractivity contribution in [1.82, 2.24) is 10.6 Å². The summed E-state index contributed by atoms with van der Waals surface area (Å²) in [4.78, 5) is 24.2. The molecule has 23 heavy (non-hydrogen) atoms. The van der Waals surface area contributed by atoms with Gasteiger partial charge in [0.2, 0.25) is 0 Å². The number of urea groups is 1. The molecule has 0 saturated heterocycles. The summed E-state index contributed by atoms with van der Waals surface area (Å²) in [6, 6.07) is 3.82. The van der Waals surface area contributed by atoms with Crippen LogP contribution in [0.1, 0.15) is 32.4 Å². The second kappa shape index (κ2) is 7.23. The van der Waals surface area contributed by atoms with Crippen molar-refractivity contribution >= 4 is 35.2 Å². The van der Waals surface area contributed by atoms with Crippen LogP contribution in [0.2, 0.25) is 10.0 Å². The molecule has 0 aliphatic carbocycles. The second-order valence-electron chi connectivity index (χ2n) is 5.73. The fourth-order valence-electron chi connectivity index (χ4n) is 2.25. The van der Waals surface area contributed by atoms with E-state index >= 15 is 0 Å². The predicted octanol–water partition coefficient (Wildman–Crippen LogP) is 3.82. The highest BCUT2D eigenvalue weighted by atomic mass is 35.5. The highest BCUT2D eigenvalue weighted by Gasteiger charge is 2.33. The number of ether oxygens (including phenoxy) is 1. The second-order valence-corrected chi connectivity index (χ2v) is 6.57. The number of hydrogen-bond acceptors (Lipinski definition) is 3. The van der Waals surface area contributed by atoms with Gasteiger partial charge in [0.1, 0.15) is 0 Å². The number of nitrogens with one attached hydrogen (secondary N) is 2. The fourth-order valence-corrected chi connectivity index (χ4v) is 2.77. The zero-order valence-electron chi connectivity index (χ0n) is 13.1. The van der Waals surface area contributed by atoms with Gasteiger partial charge in [0.25, 0.3) is 0 Å². The Labute approximate surface area is 145 Å². The predicted molar refractivity (Wildman–Crippen MR) is 89.4 cm³/mol. The van der Waals surface area contributed by atoms with Crippen LogP contribution in [0, 0.1) is 5.92 Å². The summed E-state index contributed by atoms with van der Waals surface area (Å²) >= 11 is 12.1. The first kappa shape index (κ1) is 17.6. The topological polar surface area (TPSA) is 67.4 Å². The van der Waals surface area contributed by atoms with Gasteiger partial charge in [-0.05, 0) is 30.5 Å². The SMILES string of the molecule is CC1=C(C(=O)OCC(C)C)C(c2ccc(Cl)cc2Cl)NC(=O)N1. The summed E-state index contributed by atoms with van der Waals surface area (Å²) < 4.78 is 5.31. The van der Waals surface area contributed by atoms with Gasteiger partial charge in [-0.25, -0.2) is 9.59 Å². The van der Waals surface area contributed by atoms with Gasteiger partial charge in [0.15, 0.2) is 0 Å². The smallest absolute Gasteiger partial charge is 0.338 e. The Balaban J connectivity index is 2.40. The summed E-state index contributed by atoms with van der Waals surface area (Å²) in [7, 11) is 0. The Morgan fingerprint density at radius 2 is 2.04 bits per heavy atom. The summed E-state index contributed by atoms with van der Waals surface area (Å²) in [6.07, 6.45) is 0. The number of carbonyl (C=O) groups excluding carboxylic acids is 2. The highest BCUT2D eigenvalue weighted by Crippen LogP contribution is 2.33. The van der Waals surface area contributed by atoms with Crippen molar-refractivity contribution in [1.29, 1.82) is 0 Å². The maximum absolute atomic E-state index is 12.4. The van der Waals surface area contributed by atoms with Crippen LogP contribution in [0.25, 0.3) is 0 Å². The standard InChI is InChI=1S/C16H18Cl2N2O3/c1-8(2)7-23-15(21)13-9(3)19-16(22)20-14(13)11-5-4-10(17)6-12(11)18/h4-6,8,14H,7H2,1-3H3,(H2,19,20,22). The van der Waals surface area contributed by atoms with E-state index in [9.17, 15) is 9.59 Å². The van der Waals surface area contributed by atoms with Crippen LogP contribution in [0.15, 0.2) is 29.5 Å². The molecule has 2 amide bonds. The average molecular weight is 357 g/mol. The van der Waals surface area contributed by atoms with E-state index in [1.54, 1.807) is 25.1 Å². The van der Waals surface area contributed by atoms with Crippen LogP contribution in [0.4, 0.5) is 4.79 Å². The van der Waals surface area contributed by atoms with Crippen LogP contribution in [-0.2, 0) is 9.53 Å². The molecule has 1 aromatic carbocycles. The molecule has 0 saturated carbocycles. The number of allylic oxidation sites excluding steroid dienone is 1. The monoisotopic (exact) mass is 356 g/mol. The number of rotatable bonds is 4. The number of hydrogen-bond donors (Lipinski definition) is 2. The average Bonchev–Trinajstić information content (AvgIpc) is 2.44. The van der Waals surface area contributed by atoms with Gasteiger partial charge >= 0.3 is 12.0 Å². The Hall–Kier alpha value is -1.72. The van der Waals surface area contributed by atoms with E-state index < -0.39 is 18.0 Å². The molecule has 1 atom stereocenters. The van der Waals surface area contributed by atoms with Crippen LogP contribution < -0.4 is 10.6 Å². The first-order valence-corrected chi connectivity index (χ1v) is 7.95. The Bertz CT molecular complexity index is 671. The fraction of sp³-hybridized carbons (Fsp3) is 0.375. The van der Waals surface area contributed by atoms with Crippen molar-refractivity contribution in [2.24, 2.45) is 5.92 Å². The van der Waals surface area contributed by atoms with E-state index in [0.717, 1.165) is 0 Å². The van der Waals surface area contributed by atoms with Crippen molar-refractivity contribution in [3.8, 4) is 0 Å². The summed E-state index contributed by atoms with van der Waals surface area (Å²) in [6.45, 7) is 5.85. The van der Waals surface area contributed by atoms with Crippen LogP contribution >= 0.6 is 23.2 Å². The molecule has 124 valence electrons. The Kier molecular flexibility index (Phi) is 5.55. The van der Waals surface area contributed by atoms with Gasteiger partial charge in [0.05, 0.1) is 18.2 Å². The minimum atomic E-state index is -0.687. The van der Waals surface area contributed by atoms with E-state index in [1.807, 2.05) is 13.8 Å². The van der Waals surface area contributed by atoms with E-state index in [0.29, 0.717) is 33.5 Å². The van der Waals surface area contributed by atoms with E-state index in [2.05, 4.69) is 10.6 Å². The van der Waals surface area contributed by atoms with Gasteiger partial charge in [-0.15, -0.1) is 0 Å². The van der Waals surface area contributed by atoms with Crippen molar-refractivity contribution in [2.45, 2.75) is 26.8 Å². The lowest BCUT2D eigenvalue weighted by Gasteiger charge is -2.28. The minimum absolute atomic E-state index is 0.212. The normalized spacial score (nSPS) is 17.8. The molecular weight excluding hydrogens is 339 g/mol. The summed E-state index contributed by atoms with van der Waals surface area (Å²) in [5.74, 6) is -0.275. The molecule has 7 heteroatoms. The number of benzene rings is 1. The Morgan fingerprint density at radius 3 is 2.65 bits per heavy atom. The Morgan fingerprint density at radius 1 is 1.35 bits per heavy atom. The third-order valence-corrected chi connectivity index (χ3v) is 3.87. The van der Waals surface area contributed by atoms with Gasteiger partial charge in [-0.3, -0.25) is 0 Å². The zero-order chi connectivity index (χ0) is 17.1. The molecule has 0 aromatic heterocycles. The van der Waals surface area contributed by atoms with Crippen molar-refractivity contribution in [3.63, 3.8) is 0 Å². The van der Waals surface area contributed by atoms with Crippen molar-refractivity contribution in [3.05, 3.63) is 45.1 Å². The van der Waals surface area contributed by atoms with Crippen LogP contribution in [0.5, 0.6) is 0 Å². The first-order valence-electron chi connectivity index (χ1n) is 7.20. The summed E-state index contributed by atoms with van der Waals surface area (Å²) in [5.41, 5.74) is 1.36. The largest absolute Gasteiger partial charge is 0.462 e. The van der Waals surface area contributed by atoms with Gasteiger partial charge in [-0.2, -0.15) is 0 Å². The molecular formula is C16H18Cl2N2O3. The van der Waals surface area contributed by atoms with Crippen molar-refractivity contribution in [2.75, 3.05) is 6.61 Å². The minimum Gasteiger partial charge on any atom is -0.462 e. The van der Waals surface area contributed by atoms with Crippen LogP contribution in [0.3, 0.4) is 0 Å². The number of amides is 2. The summed E-state index contributed by atoms with van der Waals surface area (Å²) in [5, 5.41) is 6.14. The van der Waals surface area contributed by atoms with Crippen LogP contribution in [-0.4, -0.2) is 18.6 Å². The van der Waals surface area contributed by atoms with E-state index in [-0.39, 0.29) is 5.92 Å². The molecule has 0 fully saturated rings. The molecule has 1 aliphatic rings. The molecule has 2 rings (SSSR count). The lowest BCUT2D eigenvalue weighted by Crippen LogP contribution is -2.45. The number of halogens is 2. The maximum atomic E-state index is 12.4.